The number of hydrogen-bond donors (Lipinski definition) is 1. The van der Waals surface area contributed by atoms with E-state index < -0.39 is 0 Å². The van der Waals surface area contributed by atoms with E-state index in [1.807, 2.05) is 25.2 Å². The second-order valence-electron chi connectivity index (χ2n) is 4.32. The number of nitrogens with one attached hydrogen (secondary N) is 1. The van der Waals surface area contributed by atoms with Crippen molar-refractivity contribution >= 4 is 27.4 Å². The molecule has 0 aromatic carbocycles. The van der Waals surface area contributed by atoms with Crippen LogP contribution in [0.3, 0.4) is 0 Å². The van der Waals surface area contributed by atoms with Gasteiger partial charge in [0.15, 0.2) is 5.82 Å². The normalized spacial score (nSPS) is 10.9. The highest BCUT2D eigenvalue weighted by Crippen LogP contribution is 2.34. The molecule has 19 heavy (non-hydrogen) atoms. The van der Waals surface area contributed by atoms with Crippen LogP contribution in [0.1, 0.15) is 10.4 Å². The molecule has 0 bridgehead atoms. The molecule has 0 radical (unpaired) electrons. The number of pyridine rings is 1. The van der Waals surface area contributed by atoms with E-state index in [0.717, 1.165) is 21.7 Å². The number of aryl methyl sites for hydroxylation is 2. The summed E-state index contributed by atoms with van der Waals surface area (Å²) in [5.74, 6) is 1.53. The minimum absolute atomic E-state index is 0.665. The van der Waals surface area contributed by atoms with Crippen molar-refractivity contribution in [1.82, 2.24) is 15.0 Å². The first kappa shape index (κ1) is 12.0. The summed E-state index contributed by atoms with van der Waals surface area (Å²) >= 11 is 1.70. The van der Waals surface area contributed by atoms with E-state index in [2.05, 4.69) is 34.1 Å². The van der Waals surface area contributed by atoms with Crippen LogP contribution in [0, 0.1) is 13.8 Å². The Morgan fingerprint density at radius 2 is 2.00 bits per heavy atom. The molecule has 96 valence electrons. The predicted octanol–water partition coefficient (Wildman–Crippen LogP) is 3.41. The summed E-state index contributed by atoms with van der Waals surface area (Å²) in [6.45, 7) is 4.22. The number of hydrogen-bond acceptors (Lipinski definition) is 5. The Hall–Kier alpha value is -2.01. The molecule has 0 spiro atoms. The molecule has 5 heteroatoms. The lowest BCUT2D eigenvalue weighted by Gasteiger charge is -2.05. The first-order valence-corrected chi connectivity index (χ1v) is 6.89. The highest BCUT2D eigenvalue weighted by Gasteiger charge is 2.14. The minimum Gasteiger partial charge on any atom is -0.372 e. The van der Waals surface area contributed by atoms with Gasteiger partial charge in [-0.2, -0.15) is 0 Å². The summed E-state index contributed by atoms with van der Waals surface area (Å²) in [5.41, 5.74) is 2.04. The fraction of sp³-hybridized carbons (Fsp3) is 0.214. The highest BCUT2D eigenvalue weighted by atomic mass is 32.1. The largest absolute Gasteiger partial charge is 0.372 e. The summed E-state index contributed by atoms with van der Waals surface area (Å²) in [5, 5.41) is 4.28. The quantitative estimate of drug-likeness (QED) is 0.775. The summed E-state index contributed by atoms with van der Waals surface area (Å²) in [4.78, 5) is 15.8. The van der Waals surface area contributed by atoms with Gasteiger partial charge in [0, 0.05) is 18.1 Å². The van der Waals surface area contributed by atoms with E-state index >= 15 is 0 Å². The lowest BCUT2D eigenvalue weighted by molar-refractivity contribution is 1.17. The SMILES string of the molecule is CNc1nc(-c2ccccn2)nc2sc(C)c(C)c12. The van der Waals surface area contributed by atoms with Crippen molar-refractivity contribution in [1.29, 1.82) is 0 Å². The third kappa shape index (κ3) is 1.96. The molecule has 0 saturated carbocycles. The van der Waals surface area contributed by atoms with Crippen LogP contribution in [-0.4, -0.2) is 22.0 Å². The summed E-state index contributed by atoms with van der Waals surface area (Å²) in [6, 6.07) is 5.76. The molecule has 1 N–H and O–H groups in total. The van der Waals surface area contributed by atoms with Crippen LogP contribution in [0.15, 0.2) is 24.4 Å². The summed E-state index contributed by atoms with van der Waals surface area (Å²) in [6.07, 6.45) is 1.76. The molecule has 0 amide bonds. The molecule has 3 rings (SSSR count). The van der Waals surface area contributed by atoms with Crippen LogP contribution in [0.2, 0.25) is 0 Å². The number of fused-ring (bicyclic) bond motifs is 1. The molecular weight excluding hydrogens is 256 g/mol. The third-order valence-corrected chi connectivity index (χ3v) is 4.26. The van der Waals surface area contributed by atoms with Gasteiger partial charge in [-0.1, -0.05) is 6.07 Å². The second-order valence-corrected chi connectivity index (χ2v) is 5.53. The standard InChI is InChI=1S/C14H14N4S/c1-8-9(2)19-14-11(8)13(15-3)17-12(18-14)10-6-4-5-7-16-10/h4-7H,1-3H3,(H,15,17,18). The van der Waals surface area contributed by atoms with Crippen LogP contribution in [0.5, 0.6) is 0 Å². The molecule has 0 aliphatic carbocycles. The van der Waals surface area contributed by atoms with E-state index in [-0.39, 0.29) is 0 Å². The maximum Gasteiger partial charge on any atom is 0.181 e. The van der Waals surface area contributed by atoms with Crippen LogP contribution >= 0.6 is 11.3 Å². The van der Waals surface area contributed by atoms with Gasteiger partial charge in [-0.25, -0.2) is 9.97 Å². The predicted molar refractivity (Wildman–Crippen MR) is 79.7 cm³/mol. The first-order chi connectivity index (χ1) is 9.20. The Labute approximate surface area is 115 Å². The Morgan fingerprint density at radius 3 is 2.68 bits per heavy atom. The zero-order chi connectivity index (χ0) is 13.4. The maximum atomic E-state index is 4.64. The zero-order valence-corrected chi connectivity index (χ0v) is 11.9. The van der Waals surface area contributed by atoms with Crippen LogP contribution in [0.4, 0.5) is 5.82 Å². The van der Waals surface area contributed by atoms with Gasteiger partial charge in [-0.3, -0.25) is 4.98 Å². The van der Waals surface area contributed by atoms with Crippen molar-refractivity contribution in [2.45, 2.75) is 13.8 Å². The van der Waals surface area contributed by atoms with E-state index in [0.29, 0.717) is 5.82 Å². The van der Waals surface area contributed by atoms with E-state index in [4.69, 9.17) is 0 Å². The van der Waals surface area contributed by atoms with Gasteiger partial charge in [0.05, 0.1) is 5.39 Å². The molecule has 0 unspecified atom stereocenters. The summed E-state index contributed by atoms with van der Waals surface area (Å²) < 4.78 is 0. The van der Waals surface area contributed by atoms with Gasteiger partial charge >= 0.3 is 0 Å². The molecule has 3 aromatic rings. The fourth-order valence-corrected chi connectivity index (χ4v) is 3.07. The molecule has 0 saturated heterocycles. The lowest BCUT2D eigenvalue weighted by atomic mass is 10.2. The number of anilines is 1. The van der Waals surface area contributed by atoms with Crippen molar-refractivity contribution in [3.8, 4) is 11.5 Å². The number of thiophene rings is 1. The summed E-state index contributed by atoms with van der Waals surface area (Å²) in [7, 11) is 1.89. The van der Waals surface area contributed by atoms with E-state index in [9.17, 15) is 0 Å². The van der Waals surface area contributed by atoms with Gasteiger partial charge < -0.3 is 5.32 Å². The van der Waals surface area contributed by atoms with Gasteiger partial charge in [0.1, 0.15) is 16.3 Å². The number of rotatable bonds is 2. The lowest BCUT2D eigenvalue weighted by Crippen LogP contribution is -1.98. The zero-order valence-electron chi connectivity index (χ0n) is 11.1. The van der Waals surface area contributed by atoms with Crippen LogP contribution < -0.4 is 5.32 Å². The van der Waals surface area contributed by atoms with E-state index in [1.165, 1.54) is 10.4 Å². The van der Waals surface area contributed by atoms with Crippen molar-refractivity contribution in [3.63, 3.8) is 0 Å². The average Bonchev–Trinajstić information content (AvgIpc) is 2.74. The Bertz CT molecular complexity index is 734. The van der Waals surface area contributed by atoms with Gasteiger partial charge in [-0.05, 0) is 31.5 Å². The topological polar surface area (TPSA) is 50.7 Å². The van der Waals surface area contributed by atoms with Crippen LogP contribution in [0.25, 0.3) is 21.7 Å². The third-order valence-electron chi connectivity index (χ3n) is 3.16. The molecule has 0 aliphatic rings. The van der Waals surface area contributed by atoms with Crippen molar-refractivity contribution in [2.75, 3.05) is 12.4 Å². The van der Waals surface area contributed by atoms with Gasteiger partial charge in [-0.15, -0.1) is 11.3 Å². The Balaban J connectivity index is 2.29. The fourth-order valence-electron chi connectivity index (χ4n) is 2.04. The first-order valence-electron chi connectivity index (χ1n) is 6.07. The van der Waals surface area contributed by atoms with E-state index in [1.54, 1.807) is 17.5 Å². The van der Waals surface area contributed by atoms with Crippen molar-refractivity contribution in [3.05, 3.63) is 34.8 Å². The monoisotopic (exact) mass is 270 g/mol. The minimum atomic E-state index is 0.665. The van der Waals surface area contributed by atoms with Gasteiger partial charge in [0.25, 0.3) is 0 Å². The van der Waals surface area contributed by atoms with Gasteiger partial charge in [0.2, 0.25) is 0 Å². The molecule has 0 fully saturated rings. The average molecular weight is 270 g/mol. The molecule has 3 heterocycles. The molecule has 0 aliphatic heterocycles. The molecule has 4 nitrogen and oxygen atoms in total. The number of aromatic nitrogens is 3. The maximum absolute atomic E-state index is 4.64. The van der Waals surface area contributed by atoms with Crippen molar-refractivity contribution in [2.24, 2.45) is 0 Å². The second kappa shape index (κ2) is 4.59. The van der Waals surface area contributed by atoms with Crippen LogP contribution in [-0.2, 0) is 0 Å². The Morgan fingerprint density at radius 1 is 1.16 bits per heavy atom. The Kier molecular flexibility index (Phi) is 2.91. The molecule has 0 atom stereocenters. The molecule has 3 aromatic heterocycles. The van der Waals surface area contributed by atoms with Crippen molar-refractivity contribution < 1.29 is 0 Å². The smallest absolute Gasteiger partial charge is 0.181 e. The molecular formula is C14H14N4S. The number of nitrogens with zero attached hydrogens (tertiary/aromatic N) is 3. The highest BCUT2D eigenvalue weighted by molar-refractivity contribution is 7.18.